The van der Waals surface area contributed by atoms with Crippen molar-refractivity contribution in [2.75, 3.05) is 26.1 Å². The molecule has 1 aromatic rings. The molecule has 0 aromatic heterocycles. The molecule has 1 amide bonds. The van der Waals surface area contributed by atoms with Gasteiger partial charge in [0.05, 0.1) is 6.26 Å². The Kier molecular flexibility index (Phi) is 4.69. The molecule has 3 rings (SSSR count). The van der Waals surface area contributed by atoms with Gasteiger partial charge in [-0.2, -0.15) is 4.31 Å². The predicted octanol–water partition coefficient (Wildman–Crippen LogP) is 1.19. The molecule has 0 saturated carbocycles. The van der Waals surface area contributed by atoms with E-state index < -0.39 is 16.1 Å². The normalized spacial score (nSPS) is 20.3. The molecular formula is C16H22N2O5S. The van der Waals surface area contributed by atoms with Crippen molar-refractivity contribution in [3.63, 3.8) is 0 Å². The van der Waals surface area contributed by atoms with Crippen molar-refractivity contribution >= 4 is 15.9 Å². The Balaban J connectivity index is 1.75. The van der Waals surface area contributed by atoms with Crippen molar-refractivity contribution in [1.29, 1.82) is 0 Å². The van der Waals surface area contributed by atoms with Crippen LogP contribution in [-0.4, -0.2) is 55.7 Å². The third-order valence-electron chi connectivity index (χ3n) is 4.42. The highest BCUT2D eigenvalue weighted by molar-refractivity contribution is 7.88. The molecule has 132 valence electrons. The van der Waals surface area contributed by atoms with Crippen LogP contribution in [0.2, 0.25) is 0 Å². The first-order valence-corrected chi connectivity index (χ1v) is 9.89. The number of nitrogens with zero attached hydrogens (tertiary/aromatic N) is 2. The molecule has 1 fully saturated rings. The maximum atomic E-state index is 12.8. The molecule has 1 aromatic carbocycles. The maximum Gasteiger partial charge on any atom is 0.241 e. The maximum absolute atomic E-state index is 12.8. The number of sulfonamides is 1. The second-order valence-electron chi connectivity index (χ2n) is 6.07. The molecule has 7 nitrogen and oxygen atoms in total. The Morgan fingerprint density at radius 1 is 1.33 bits per heavy atom. The Bertz CT molecular complexity index is 734. The van der Waals surface area contributed by atoms with E-state index in [-0.39, 0.29) is 12.7 Å². The smallest absolute Gasteiger partial charge is 0.241 e. The fourth-order valence-corrected chi connectivity index (χ4v) is 4.32. The van der Waals surface area contributed by atoms with E-state index >= 15 is 0 Å². The van der Waals surface area contributed by atoms with E-state index in [1.807, 2.05) is 25.1 Å². The Hall–Kier alpha value is -1.80. The van der Waals surface area contributed by atoms with Gasteiger partial charge >= 0.3 is 0 Å². The van der Waals surface area contributed by atoms with Gasteiger partial charge in [0.1, 0.15) is 6.04 Å². The van der Waals surface area contributed by atoms with Gasteiger partial charge in [-0.3, -0.25) is 4.79 Å². The number of carbonyl (C=O) groups excluding carboxylic acids is 1. The molecular weight excluding hydrogens is 332 g/mol. The highest BCUT2D eigenvalue weighted by Gasteiger charge is 2.38. The lowest BCUT2D eigenvalue weighted by Crippen LogP contribution is -2.47. The summed E-state index contributed by atoms with van der Waals surface area (Å²) in [5, 5.41) is 0. The first-order chi connectivity index (χ1) is 11.4. The van der Waals surface area contributed by atoms with Crippen LogP contribution >= 0.6 is 0 Å². The van der Waals surface area contributed by atoms with Crippen LogP contribution in [0.4, 0.5) is 0 Å². The number of rotatable bonds is 5. The van der Waals surface area contributed by atoms with Gasteiger partial charge in [0.2, 0.25) is 22.7 Å². The summed E-state index contributed by atoms with van der Waals surface area (Å²) in [5.41, 5.74) is 0.929. The fraction of sp³-hybridized carbons (Fsp3) is 0.562. The van der Waals surface area contributed by atoms with Crippen molar-refractivity contribution in [1.82, 2.24) is 9.21 Å². The van der Waals surface area contributed by atoms with E-state index in [0.717, 1.165) is 11.8 Å². The molecule has 0 spiro atoms. The van der Waals surface area contributed by atoms with E-state index in [9.17, 15) is 13.2 Å². The average Bonchev–Trinajstić information content (AvgIpc) is 3.19. The summed E-state index contributed by atoms with van der Waals surface area (Å²) in [6, 6.07) is 5.00. The quantitative estimate of drug-likeness (QED) is 0.794. The molecule has 0 bridgehead atoms. The first-order valence-electron chi connectivity index (χ1n) is 8.04. The van der Waals surface area contributed by atoms with Crippen LogP contribution in [0.25, 0.3) is 0 Å². The van der Waals surface area contributed by atoms with Crippen LogP contribution in [0.5, 0.6) is 11.5 Å². The van der Waals surface area contributed by atoms with Gasteiger partial charge in [0.15, 0.2) is 11.5 Å². The predicted molar refractivity (Wildman–Crippen MR) is 88.2 cm³/mol. The van der Waals surface area contributed by atoms with Crippen molar-refractivity contribution in [2.24, 2.45) is 0 Å². The standard InChI is InChI=1S/C16H22N2O5S/c1-3-17(10-12-6-7-14-15(9-12)23-11-22-14)16(19)13-5-4-8-18(13)24(2,20)21/h6-7,9,13H,3-5,8,10-11H2,1-2H3/t13-/m0/s1. The highest BCUT2D eigenvalue weighted by atomic mass is 32.2. The largest absolute Gasteiger partial charge is 0.454 e. The number of hydrogen-bond donors (Lipinski definition) is 0. The van der Waals surface area contributed by atoms with Crippen LogP contribution in [0, 0.1) is 0 Å². The number of hydrogen-bond acceptors (Lipinski definition) is 5. The molecule has 2 aliphatic heterocycles. The lowest BCUT2D eigenvalue weighted by Gasteiger charge is -2.28. The van der Waals surface area contributed by atoms with Gasteiger partial charge in [-0.15, -0.1) is 0 Å². The summed E-state index contributed by atoms with van der Waals surface area (Å²) < 4.78 is 35.7. The van der Waals surface area contributed by atoms with E-state index in [1.54, 1.807) is 4.90 Å². The number of fused-ring (bicyclic) bond motifs is 1. The lowest BCUT2D eigenvalue weighted by atomic mass is 10.1. The van der Waals surface area contributed by atoms with Crippen molar-refractivity contribution in [3.8, 4) is 11.5 Å². The molecule has 24 heavy (non-hydrogen) atoms. The van der Waals surface area contributed by atoms with Gasteiger partial charge in [0.25, 0.3) is 0 Å². The molecule has 1 saturated heterocycles. The number of amides is 1. The third kappa shape index (κ3) is 3.34. The molecule has 0 N–H and O–H groups in total. The molecule has 1 atom stereocenters. The summed E-state index contributed by atoms with van der Waals surface area (Å²) in [6.45, 7) is 3.45. The number of likely N-dealkylation sites (N-methyl/N-ethyl adjacent to an activating group) is 1. The van der Waals surface area contributed by atoms with Crippen molar-refractivity contribution in [2.45, 2.75) is 32.4 Å². The van der Waals surface area contributed by atoms with Gasteiger partial charge in [0, 0.05) is 19.6 Å². The summed E-state index contributed by atoms with van der Waals surface area (Å²) in [4.78, 5) is 14.5. The minimum absolute atomic E-state index is 0.141. The van der Waals surface area contributed by atoms with Crippen molar-refractivity contribution in [3.05, 3.63) is 23.8 Å². The fourth-order valence-electron chi connectivity index (χ4n) is 3.20. The molecule has 0 radical (unpaired) electrons. The first kappa shape index (κ1) is 17.0. The van der Waals surface area contributed by atoms with Gasteiger partial charge in [-0.05, 0) is 37.5 Å². The molecule has 2 heterocycles. The zero-order valence-corrected chi connectivity index (χ0v) is 14.7. The Morgan fingerprint density at radius 2 is 2.08 bits per heavy atom. The van der Waals surface area contributed by atoms with Crippen molar-refractivity contribution < 1.29 is 22.7 Å². The van der Waals surface area contributed by atoms with E-state index in [0.29, 0.717) is 44.0 Å². The lowest BCUT2D eigenvalue weighted by molar-refractivity contribution is -0.135. The van der Waals surface area contributed by atoms with Crippen LogP contribution in [0.15, 0.2) is 18.2 Å². The Morgan fingerprint density at radius 3 is 2.79 bits per heavy atom. The number of ether oxygens (including phenoxy) is 2. The SMILES string of the molecule is CCN(Cc1ccc2c(c1)OCO2)C(=O)[C@@H]1CCCN1S(C)(=O)=O. The minimum atomic E-state index is -3.37. The molecule has 0 unspecified atom stereocenters. The summed E-state index contributed by atoms with van der Waals surface area (Å²) in [7, 11) is -3.37. The highest BCUT2D eigenvalue weighted by Crippen LogP contribution is 2.33. The van der Waals surface area contributed by atoms with E-state index in [4.69, 9.17) is 9.47 Å². The van der Waals surface area contributed by atoms with Gasteiger partial charge in [-0.25, -0.2) is 8.42 Å². The minimum Gasteiger partial charge on any atom is -0.454 e. The van der Waals surface area contributed by atoms with Gasteiger partial charge < -0.3 is 14.4 Å². The second kappa shape index (κ2) is 6.60. The topological polar surface area (TPSA) is 76.2 Å². The van der Waals surface area contributed by atoms with E-state index in [2.05, 4.69) is 0 Å². The zero-order chi connectivity index (χ0) is 17.3. The second-order valence-corrected chi connectivity index (χ2v) is 8.01. The third-order valence-corrected chi connectivity index (χ3v) is 5.71. The van der Waals surface area contributed by atoms with Crippen LogP contribution in [-0.2, 0) is 21.4 Å². The molecule has 2 aliphatic rings. The summed E-state index contributed by atoms with van der Waals surface area (Å²) >= 11 is 0. The van der Waals surface area contributed by atoms with Crippen LogP contribution in [0.3, 0.4) is 0 Å². The summed E-state index contributed by atoms with van der Waals surface area (Å²) in [5.74, 6) is 1.24. The van der Waals surface area contributed by atoms with Crippen LogP contribution in [0.1, 0.15) is 25.3 Å². The van der Waals surface area contributed by atoms with Crippen LogP contribution < -0.4 is 9.47 Å². The Labute approximate surface area is 142 Å². The molecule has 8 heteroatoms. The zero-order valence-electron chi connectivity index (χ0n) is 13.9. The van der Waals surface area contributed by atoms with E-state index in [1.165, 1.54) is 4.31 Å². The average molecular weight is 354 g/mol. The summed E-state index contributed by atoms with van der Waals surface area (Å²) in [6.07, 6.45) is 2.45. The monoisotopic (exact) mass is 354 g/mol. The molecule has 0 aliphatic carbocycles. The number of benzene rings is 1. The van der Waals surface area contributed by atoms with Gasteiger partial charge in [-0.1, -0.05) is 6.07 Å². The number of carbonyl (C=O) groups is 1.